The van der Waals surface area contributed by atoms with E-state index in [0.717, 1.165) is 5.39 Å². The van der Waals surface area contributed by atoms with E-state index in [1.807, 2.05) is 37.3 Å². The number of para-hydroxylation sites is 1. The number of rotatable bonds is 4. The third kappa shape index (κ3) is 2.89. The van der Waals surface area contributed by atoms with Crippen molar-refractivity contribution in [3.8, 4) is 11.5 Å². The van der Waals surface area contributed by atoms with Gasteiger partial charge in [0, 0.05) is 10.8 Å². The number of benzene rings is 2. The second-order valence-electron chi connectivity index (χ2n) is 5.59. The average Bonchev–Trinajstić information content (AvgIpc) is 2.60. The Balaban J connectivity index is 2.37. The number of fused-ring (bicyclic) bond motifs is 2. The van der Waals surface area contributed by atoms with Crippen molar-refractivity contribution in [1.29, 1.82) is 0 Å². The van der Waals surface area contributed by atoms with Crippen LogP contribution < -0.4 is 20.9 Å². The summed E-state index contributed by atoms with van der Waals surface area (Å²) < 4.78 is 10.9. The van der Waals surface area contributed by atoms with Gasteiger partial charge in [0.15, 0.2) is 11.5 Å². The van der Waals surface area contributed by atoms with Crippen LogP contribution >= 0.6 is 0 Å². The van der Waals surface area contributed by atoms with E-state index < -0.39 is 12.1 Å². The highest BCUT2D eigenvalue weighted by molar-refractivity contribution is 6.07. The average molecular weight is 341 g/mol. The first-order chi connectivity index (χ1) is 11.9. The maximum atomic E-state index is 11.9. The van der Waals surface area contributed by atoms with E-state index in [2.05, 4.69) is 4.98 Å². The normalized spacial score (nSPS) is 12.3. The summed E-state index contributed by atoms with van der Waals surface area (Å²) in [4.78, 5) is 16.4. The van der Waals surface area contributed by atoms with E-state index in [1.54, 1.807) is 0 Å². The maximum Gasteiger partial charge on any atom is 0.340 e. The van der Waals surface area contributed by atoms with Crippen LogP contribution in [0.5, 0.6) is 11.5 Å². The molecule has 1 aromatic heterocycles. The predicted molar refractivity (Wildman–Crippen MR) is 96.6 cm³/mol. The van der Waals surface area contributed by atoms with Crippen molar-refractivity contribution in [3.63, 3.8) is 0 Å². The monoisotopic (exact) mass is 341 g/mol. The van der Waals surface area contributed by atoms with Crippen molar-refractivity contribution < 1.29 is 19.4 Å². The number of carbonyl (C=O) groups excluding carboxylic acids is 1. The van der Waals surface area contributed by atoms with Crippen molar-refractivity contribution in [2.45, 2.75) is 20.0 Å². The lowest BCUT2D eigenvalue weighted by Crippen LogP contribution is -2.23. The van der Waals surface area contributed by atoms with Crippen molar-refractivity contribution in [2.24, 2.45) is 0 Å². The van der Waals surface area contributed by atoms with Crippen molar-refractivity contribution in [2.75, 3.05) is 18.1 Å². The van der Waals surface area contributed by atoms with Crippen LogP contribution in [0.3, 0.4) is 0 Å². The topological polar surface area (TPSA) is 121 Å². The number of nitrogen functional groups attached to an aromatic ring is 2. The maximum absolute atomic E-state index is 11.9. The van der Waals surface area contributed by atoms with Crippen LogP contribution in [-0.2, 0) is 4.79 Å². The first-order valence-electron chi connectivity index (χ1n) is 7.87. The van der Waals surface area contributed by atoms with Crippen molar-refractivity contribution >= 4 is 39.1 Å². The number of anilines is 2. The molecule has 25 heavy (non-hydrogen) atoms. The third-order valence-electron chi connectivity index (χ3n) is 3.80. The highest BCUT2D eigenvalue weighted by Gasteiger charge is 2.23. The van der Waals surface area contributed by atoms with Crippen LogP contribution in [0, 0.1) is 0 Å². The molecule has 0 aliphatic heterocycles. The fourth-order valence-electron chi connectivity index (χ4n) is 2.57. The summed E-state index contributed by atoms with van der Waals surface area (Å²) >= 11 is 0. The van der Waals surface area contributed by atoms with Crippen LogP contribution in [0.4, 0.5) is 11.4 Å². The molecular weight excluding hydrogens is 322 g/mol. The van der Waals surface area contributed by atoms with Gasteiger partial charge in [-0.25, -0.2) is 9.78 Å². The summed E-state index contributed by atoms with van der Waals surface area (Å²) in [5.74, 6) is -0.427. The van der Waals surface area contributed by atoms with Gasteiger partial charge >= 0.3 is 5.97 Å². The SMILES string of the molecule is CCOc1c(N)c(N)c(OC(=O)C(C)O)c2nc3ccccc3cc12. The fourth-order valence-corrected chi connectivity index (χ4v) is 2.57. The zero-order valence-electron chi connectivity index (χ0n) is 13.9. The molecule has 1 unspecified atom stereocenters. The number of esters is 1. The predicted octanol–water partition coefficient (Wildman–Crippen LogP) is 2.24. The number of aromatic nitrogens is 1. The number of hydrogen-bond acceptors (Lipinski definition) is 7. The van der Waals surface area contributed by atoms with Gasteiger partial charge in [-0.3, -0.25) is 0 Å². The first kappa shape index (κ1) is 16.8. The van der Waals surface area contributed by atoms with Gasteiger partial charge in [0.05, 0.1) is 12.1 Å². The highest BCUT2D eigenvalue weighted by Crippen LogP contribution is 2.45. The summed E-state index contributed by atoms with van der Waals surface area (Å²) in [5, 5.41) is 10.9. The van der Waals surface area contributed by atoms with Gasteiger partial charge in [-0.05, 0) is 26.0 Å². The largest absolute Gasteiger partial charge is 0.491 e. The second kappa shape index (κ2) is 6.45. The number of pyridine rings is 1. The number of aliphatic hydroxyl groups excluding tert-OH is 1. The van der Waals surface area contributed by atoms with Gasteiger partial charge in [-0.15, -0.1) is 0 Å². The third-order valence-corrected chi connectivity index (χ3v) is 3.80. The molecule has 0 radical (unpaired) electrons. The Morgan fingerprint density at radius 2 is 1.92 bits per heavy atom. The standard InChI is InChI=1S/C18H19N3O4/c1-3-24-16-11-8-10-6-4-5-7-12(10)21-15(11)17(14(20)13(16)19)25-18(23)9(2)22/h4-9,22H,3,19-20H2,1-2H3. The molecule has 5 N–H and O–H groups in total. The first-order valence-corrected chi connectivity index (χ1v) is 7.87. The summed E-state index contributed by atoms with van der Waals surface area (Å²) in [6.07, 6.45) is -1.30. The van der Waals surface area contributed by atoms with Crippen molar-refractivity contribution in [3.05, 3.63) is 30.3 Å². The van der Waals surface area contributed by atoms with Crippen LogP contribution in [-0.4, -0.2) is 28.8 Å². The molecule has 3 aromatic rings. The van der Waals surface area contributed by atoms with Gasteiger partial charge in [-0.2, -0.15) is 0 Å². The van der Waals surface area contributed by atoms with Gasteiger partial charge in [-0.1, -0.05) is 18.2 Å². The lowest BCUT2D eigenvalue weighted by molar-refractivity contribution is -0.142. The van der Waals surface area contributed by atoms with Gasteiger partial charge < -0.3 is 26.0 Å². The van der Waals surface area contributed by atoms with Gasteiger partial charge in [0.1, 0.15) is 23.0 Å². The smallest absolute Gasteiger partial charge is 0.340 e. The lowest BCUT2D eigenvalue weighted by Gasteiger charge is -2.17. The summed E-state index contributed by atoms with van der Waals surface area (Å²) in [5.41, 5.74) is 13.4. The van der Waals surface area contributed by atoms with E-state index in [0.29, 0.717) is 28.8 Å². The van der Waals surface area contributed by atoms with E-state index in [1.165, 1.54) is 6.92 Å². The molecule has 0 bridgehead atoms. The van der Waals surface area contributed by atoms with Crippen LogP contribution in [0.1, 0.15) is 13.8 Å². The Morgan fingerprint density at radius 1 is 1.24 bits per heavy atom. The molecule has 1 atom stereocenters. The van der Waals surface area contributed by atoms with E-state index in [9.17, 15) is 9.90 Å². The lowest BCUT2D eigenvalue weighted by atomic mass is 10.1. The molecule has 0 saturated carbocycles. The zero-order chi connectivity index (χ0) is 18.1. The number of nitrogens with zero attached hydrogens (tertiary/aromatic N) is 1. The highest BCUT2D eigenvalue weighted by atomic mass is 16.6. The fraction of sp³-hybridized carbons (Fsp3) is 0.222. The number of ether oxygens (including phenoxy) is 2. The Kier molecular flexibility index (Phi) is 4.33. The minimum Gasteiger partial charge on any atom is -0.491 e. The molecule has 2 aromatic carbocycles. The Bertz CT molecular complexity index is 970. The number of nitrogens with two attached hydrogens (primary N) is 2. The molecule has 7 nitrogen and oxygen atoms in total. The minimum atomic E-state index is -1.30. The van der Waals surface area contributed by atoms with Gasteiger partial charge in [0.2, 0.25) is 0 Å². The molecule has 0 spiro atoms. The van der Waals surface area contributed by atoms with Gasteiger partial charge in [0.25, 0.3) is 0 Å². The molecular formula is C18H19N3O4. The molecule has 7 heteroatoms. The van der Waals surface area contributed by atoms with E-state index >= 15 is 0 Å². The molecule has 0 fully saturated rings. The molecule has 130 valence electrons. The summed E-state index contributed by atoms with van der Waals surface area (Å²) in [7, 11) is 0. The molecule has 0 aliphatic rings. The summed E-state index contributed by atoms with van der Waals surface area (Å²) in [6.45, 7) is 3.52. The Hall–Kier alpha value is -3.06. The zero-order valence-corrected chi connectivity index (χ0v) is 13.9. The number of aliphatic hydroxyl groups is 1. The van der Waals surface area contributed by atoms with E-state index in [4.69, 9.17) is 20.9 Å². The Labute approximate surface area is 144 Å². The molecule has 0 amide bonds. The molecule has 0 aliphatic carbocycles. The number of carbonyl (C=O) groups is 1. The van der Waals surface area contributed by atoms with Crippen LogP contribution in [0.2, 0.25) is 0 Å². The van der Waals surface area contributed by atoms with Crippen LogP contribution in [0.15, 0.2) is 30.3 Å². The molecule has 1 heterocycles. The van der Waals surface area contributed by atoms with Crippen LogP contribution in [0.25, 0.3) is 21.8 Å². The second-order valence-corrected chi connectivity index (χ2v) is 5.59. The molecule has 3 rings (SSSR count). The Morgan fingerprint density at radius 3 is 2.60 bits per heavy atom. The van der Waals surface area contributed by atoms with Crippen molar-refractivity contribution in [1.82, 2.24) is 4.98 Å². The quantitative estimate of drug-likeness (QED) is 0.288. The summed E-state index contributed by atoms with van der Waals surface area (Å²) in [6, 6.07) is 9.35. The minimum absolute atomic E-state index is 0.0209. The van der Waals surface area contributed by atoms with E-state index in [-0.39, 0.29) is 17.1 Å². The number of hydrogen-bond donors (Lipinski definition) is 3. The molecule has 0 saturated heterocycles.